The Morgan fingerprint density at radius 1 is 0.848 bits per heavy atom. The number of alkyl carbamates (subject to hydrolysis) is 1. The molecule has 0 aliphatic rings. The number of aryl methyl sites for hydroxylation is 1. The first-order chi connectivity index (χ1) is 21.7. The van der Waals surface area contributed by atoms with Gasteiger partial charge in [-0.3, -0.25) is 9.59 Å². The van der Waals surface area contributed by atoms with Crippen molar-refractivity contribution in [2.45, 2.75) is 64.7 Å². The lowest BCUT2D eigenvalue weighted by Gasteiger charge is -2.26. The molecular formula is C34H43N3O9. The van der Waals surface area contributed by atoms with Crippen molar-refractivity contribution in [3.63, 3.8) is 0 Å². The fraction of sp³-hybridized carbons (Fsp3) is 0.353. The number of carboxylic acids is 2. The summed E-state index contributed by atoms with van der Waals surface area (Å²) in [5.74, 6) is -3.43. The van der Waals surface area contributed by atoms with Crippen LogP contribution >= 0.6 is 0 Å². The van der Waals surface area contributed by atoms with Gasteiger partial charge in [-0.1, -0.05) is 66.7 Å². The van der Waals surface area contributed by atoms with Gasteiger partial charge in [-0.2, -0.15) is 0 Å². The largest absolute Gasteiger partial charge is 0.481 e. The summed E-state index contributed by atoms with van der Waals surface area (Å²) in [5.41, 5.74) is 14.3. The van der Waals surface area contributed by atoms with Gasteiger partial charge < -0.3 is 41.6 Å². The molecule has 0 heterocycles. The van der Waals surface area contributed by atoms with Gasteiger partial charge in [-0.15, -0.1) is 0 Å². The second-order valence-corrected chi connectivity index (χ2v) is 11.5. The molecule has 0 aliphatic carbocycles. The Morgan fingerprint density at radius 2 is 1.43 bits per heavy atom. The highest BCUT2D eigenvalue weighted by Gasteiger charge is 2.30. The minimum atomic E-state index is -1.08. The number of nitrogens with two attached hydrogens (primary N) is 2. The zero-order chi connectivity index (χ0) is 34.3. The Balaban J connectivity index is 0.000000322. The van der Waals surface area contributed by atoms with Crippen LogP contribution in [-0.4, -0.2) is 57.6 Å². The fourth-order valence-corrected chi connectivity index (χ4v) is 4.31. The first-order valence-corrected chi connectivity index (χ1v) is 14.7. The normalized spacial score (nSPS) is 12.1. The Labute approximate surface area is 268 Å². The average Bonchev–Trinajstić information content (AvgIpc) is 3.00. The summed E-state index contributed by atoms with van der Waals surface area (Å²) in [6, 6.07) is 20.7. The Hall–Kier alpha value is -5.10. The van der Waals surface area contributed by atoms with Gasteiger partial charge in [0.05, 0.1) is 35.5 Å². The number of aliphatic carboxylic acids is 2. The van der Waals surface area contributed by atoms with Crippen LogP contribution in [0.5, 0.6) is 0 Å². The number of hydrogen-bond acceptors (Lipinski definition) is 9. The third-order valence-electron chi connectivity index (χ3n) is 6.65. The van der Waals surface area contributed by atoms with Crippen LogP contribution in [0.1, 0.15) is 60.7 Å². The first-order valence-electron chi connectivity index (χ1n) is 14.7. The van der Waals surface area contributed by atoms with Crippen molar-refractivity contribution in [1.82, 2.24) is 5.32 Å². The Kier molecular flexibility index (Phi) is 14.5. The molecule has 3 rings (SSSR count). The molecule has 0 aliphatic heterocycles. The lowest BCUT2D eigenvalue weighted by atomic mass is 9.92. The standard InChI is InChI=1S/C18H20N2O4.C16H23NO5/c19-16-13(7-4-8-15(21)22)9-10-14(17(16)20)18(23)24-11-12-5-2-1-3-6-12;1-16(2,3)22-15(21)17-13(10-18)12(14(19)20)9-11-7-5-4-6-8-11/h1-3,5-6,9-10H,4,7-8,11,19-20H2,(H,21,22);4-8,12-13,18H,9-10H2,1-3H3,(H,17,21)(H,19,20)/t;12?,13-/m.1/s1. The van der Waals surface area contributed by atoms with E-state index < -0.39 is 48.2 Å². The lowest BCUT2D eigenvalue weighted by molar-refractivity contribution is -0.143. The van der Waals surface area contributed by atoms with Gasteiger partial charge in [0, 0.05) is 6.42 Å². The predicted octanol–water partition coefficient (Wildman–Crippen LogP) is 4.43. The minimum Gasteiger partial charge on any atom is -0.481 e. The zero-order valence-electron chi connectivity index (χ0n) is 26.3. The lowest BCUT2D eigenvalue weighted by Crippen LogP contribution is -2.48. The van der Waals surface area contributed by atoms with E-state index in [1.807, 2.05) is 48.5 Å². The minimum absolute atomic E-state index is 0.0558. The monoisotopic (exact) mass is 637 g/mol. The van der Waals surface area contributed by atoms with E-state index in [1.54, 1.807) is 45.0 Å². The molecule has 2 atom stereocenters. The number of benzene rings is 3. The molecule has 0 bridgehead atoms. The third-order valence-corrected chi connectivity index (χ3v) is 6.65. The van der Waals surface area contributed by atoms with E-state index in [2.05, 4.69) is 5.32 Å². The van der Waals surface area contributed by atoms with Crippen LogP contribution in [-0.2, 0) is 38.5 Å². The van der Waals surface area contributed by atoms with Gasteiger partial charge in [0.25, 0.3) is 0 Å². The van der Waals surface area contributed by atoms with Gasteiger partial charge >= 0.3 is 24.0 Å². The van der Waals surface area contributed by atoms with Crippen molar-refractivity contribution in [2.24, 2.45) is 5.92 Å². The fourth-order valence-electron chi connectivity index (χ4n) is 4.31. The maximum Gasteiger partial charge on any atom is 0.407 e. The maximum absolute atomic E-state index is 12.2. The number of carbonyl (C=O) groups is 4. The molecule has 12 heteroatoms. The second-order valence-electron chi connectivity index (χ2n) is 11.5. The van der Waals surface area contributed by atoms with E-state index in [1.165, 1.54) is 0 Å². The predicted molar refractivity (Wildman–Crippen MR) is 173 cm³/mol. The van der Waals surface area contributed by atoms with Gasteiger partial charge in [0.15, 0.2) is 0 Å². The summed E-state index contributed by atoms with van der Waals surface area (Å²) < 4.78 is 10.3. The van der Waals surface area contributed by atoms with Crippen LogP contribution < -0.4 is 16.8 Å². The number of rotatable bonds is 13. The van der Waals surface area contributed by atoms with E-state index >= 15 is 0 Å². The molecule has 3 aromatic rings. The molecule has 0 radical (unpaired) electrons. The molecule has 46 heavy (non-hydrogen) atoms. The summed E-state index contributed by atoms with van der Waals surface area (Å²) in [6.07, 6.45) is 0.460. The first kappa shape index (κ1) is 37.1. The van der Waals surface area contributed by atoms with Crippen LogP contribution in [0.25, 0.3) is 0 Å². The highest BCUT2D eigenvalue weighted by atomic mass is 16.6. The summed E-state index contributed by atoms with van der Waals surface area (Å²) in [5, 5.41) is 29.9. The molecule has 0 saturated heterocycles. The number of anilines is 2. The SMILES string of the molecule is CC(C)(C)OC(=O)N[C@H](CO)C(Cc1ccccc1)C(=O)O.Nc1c(CCCC(=O)O)ccc(C(=O)OCc2ccccc2)c1N. The second kappa shape index (κ2) is 18.0. The summed E-state index contributed by atoms with van der Waals surface area (Å²) in [7, 11) is 0. The molecule has 0 fully saturated rings. The number of aliphatic hydroxyl groups is 1. The van der Waals surface area contributed by atoms with Crippen molar-refractivity contribution >= 4 is 35.4 Å². The number of aliphatic hydroxyl groups excluding tert-OH is 1. The molecule has 248 valence electrons. The van der Waals surface area contributed by atoms with E-state index in [9.17, 15) is 29.4 Å². The van der Waals surface area contributed by atoms with E-state index in [4.69, 9.17) is 26.0 Å². The summed E-state index contributed by atoms with van der Waals surface area (Å²) >= 11 is 0. The van der Waals surface area contributed by atoms with E-state index in [-0.39, 0.29) is 30.7 Å². The number of hydrogen-bond donors (Lipinski definition) is 6. The van der Waals surface area contributed by atoms with Gasteiger partial charge in [0.1, 0.15) is 12.2 Å². The van der Waals surface area contributed by atoms with E-state index in [0.29, 0.717) is 18.5 Å². The van der Waals surface area contributed by atoms with Crippen molar-refractivity contribution in [3.8, 4) is 0 Å². The molecule has 0 aromatic heterocycles. The van der Waals surface area contributed by atoms with Gasteiger partial charge in [-0.05, 0) is 62.8 Å². The van der Waals surface area contributed by atoms with Crippen LogP contribution in [0, 0.1) is 5.92 Å². The highest BCUT2D eigenvalue weighted by Crippen LogP contribution is 2.27. The number of esters is 1. The number of amides is 1. The number of carboxylic acid groups (broad SMARTS) is 2. The summed E-state index contributed by atoms with van der Waals surface area (Å²) in [4.78, 5) is 46.0. The van der Waals surface area contributed by atoms with Gasteiger partial charge in [-0.25, -0.2) is 9.59 Å². The number of ether oxygens (including phenoxy) is 2. The molecule has 0 spiro atoms. The van der Waals surface area contributed by atoms with Crippen LogP contribution in [0.4, 0.5) is 16.2 Å². The van der Waals surface area contributed by atoms with Crippen LogP contribution in [0.15, 0.2) is 72.8 Å². The Bertz CT molecular complexity index is 1440. The maximum atomic E-state index is 12.2. The van der Waals surface area contributed by atoms with Gasteiger partial charge in [0.2, 0.25) is 0 Å². The molecule has 12 nitrogen and oxygen atoms in total. The number of carbonyl (C=O) groups excluding carboxylic acids is 2. The van der Waals surface area contributed by atoms with Crippen molar-refractivity contribution < 1.29 is 44.0 Å². The molecular weight excluding hydrogens is 594 g/mol. The molecule has 0 saturated carbocycles. The van der Waals surface area contributed by atoms with Crippen LogP contribution in [0.2, 0.25) is 0 Å². The topological polar surface area (TPSA) is 211 Å². The molecule has 1 unspecified atom stereocenters. The van der Waals surface area contributed by atoms with E-state index in [0.717, 1.165) is 16.7 Å². The smallest absolute Gasteiger partial charge is 0.407 e. The molecule has 1 amide bonds. The highest BCUT2D eigenvalue weighted by molar-refractivity contribution is 5.98. The quantitative estimate of drug-likeness (QED) is 0.114. The van der Waals surface area contributed by atoms with Crippen LogP contribution in [0.3, 0.4) is 0 Å². The third kappa shape index (κ3) is 12.9. The average molecular weight is 638 g/mol. The summed E-state index contributed by atoms with van der Waals surface area (Å²) in [6.45, 7) is 4.79. The zero-order valence-corrected chi connectivity index (χ0v) is 26.3. The van der Waals surface area contributed by atoms with Crippen molar-refractivity contribution in [2.75, 3.05) is 18.1 Å². The Morgan fingerprint density at radius 3 is 1.96 bits per heavy atom. The molecule has 8 N–H and O–H groups in total. The van der Waals surface area contributed by atoms with Crippen molar-refractivity contribution in [3.05, 3.63) is 95.1 Å². The number of nitrogens with one attached hydrogen (secondary N) is 1. The molecule has 3 aromatic carbocycles. The number of nitrogen functional groups attached to an aromatic ring is 2. The van der Waals surface area contributed by atoms with Crippen molar-refractivity contribution in [1.29, 1.82) is 0 Å².